The summed E-state index contributed by atoms with van der Waals surface area (Å²) < 4.78 is 0. The lowest BCUT2D eigenvalue weighted by atomic mass is 9.89. The average molecular weight is 305 g/mol. The zero-order valence-corrected chi connectivity index (χ0v) is 14.4. The molecule has 2 rings (SSSR count). The predicted molar refractivity (Wildman–Crippen MR) is 92.2 cm³/mol. The van der Waals surface area contributed by atoms with E-state index in [1.165, 1.54) is 5.56 Å². The molecule has 0 saturated heterocycles. The lowest BCUT2D eigenvalue weighted by Crippen LogP contribution is -2.18. The highest BCUT2D eigenvalue weighted by Gasteiger charge is 2.18. The van der Waals surface area contributed by atoms with E-state index in [1.807, 2.05) is 12.1 Å². The molecule has 1 aromatic carbocycles. The molecule has 1 heterocycles. The summed E-state index contributed by atoms with van der Waals surface area (Å²) in [7, 11) is 0. The molecule has 1 aromatic heterocycles. The number of halogens is 1. The maximum Gasteiger partial charge on any atom is 0.0738 e. The highest BCUT2D eigenvalue weighted by atomic mass is 35.5. The van der Waals surface area contributed by atoms with E-state index >= 15 is 0 Å². The summed E-state index contributed by atoms with van der Waals surface area (Å²) in [5.41, 5.74) is 4.66. The molecule has 0 bridgehead atoms. The SMILES string of the molecule is CCCNCc1cc(C(C)(C)C)nc2c(C)cc(Cl)cc12. The summed E-state index contributed by atoms with van der Waals surface area (Å²) in [4.78, 5) is 4.89. The van der Waals surface area contributed by atoms with Crippen molar-refractivity contribution in [2.24, 2.45) is 0 Å². The highest BCUT2D eigenvalue weighted by molar-refractivity contribution is 6.31. The van der Waals surface area contributed by atoms with E-state index in [0.717, 1.165) is 46.7 Å². The molecule has 0 radical (unpaired) electrons. The minimum absolute atomic E-state index is 0.0414. The third-order valence-electron chi connectivity index (χ3n) is 3.67. The summed E-state index contributed by atoms with van der Waals surface area (Å²) in [6.45, 7) is 12.8. The van der Waals surface area contributed by atoms with E-state index < -0.39 is 0 Å². The van der Waals surface area contributed by atoms with Crippen LogP contribution >= 0.6 is 11.6 Å². The number of rotatable bonds is 4. The summed E-state index contributed by atoms with van der Waals surface area (Å²) >= 11 is 6.24. The van der Waals surface area contributed by atoms with Crippen LogP contribution in [0.4, 0.5) is 0 Å². The number of nitrogens with zero attached hydrogens (tertiary/aromatic N) is 1. The van der Waals surface area contributed by atoms with Gasteiger partial charge in [-0.1, -0.05) is 39.3 Å². The fourth-order valence-corrected chi connectivity index (χ4v) is 2.73. The quantitative estimate of drug-likeness (QED) is 0.805. The van der Waals surface area contributed by atoms with Crippen molar-refractivity contribution < 1.29 is 0 Å². The Balaban J connectivity index is 2.61. The van der Waals surface area contributed by atoms with Crippen molar-refractivity contribution in [1.82, 2.24) is 10.3 Å². The van der Waals surface area contributed by atoms with Crippen LogP contribution in [0.5, 0.6) is 0 Å². The number of nitrogens with one attached hydrogen (secondary N) is 1. The Morgan fingerprint density at radius 3 is 2.52 bits per heavy atom. The molecule has 0 unspecified atom stereocenters. The largest absolute Gasteiger partial charge is 0.313 e. The van der Waals surface area contributed by atoms with Gasteiger partial charge in [0.15, 0.2) is 0 Å². The van der Waals surface area contributed by atoms with Crippen molar-refractivity contribution in [1.29, 1.82) is 0 Å². The smallest absolute Gasteiger partial charge is 0.0738 e. The van der Waals surface area contributed by atoms with E-state index in [9.17, 15) is 0 Å². The van der Waals surface area contributed by atoms with E-state index in [1.54, 1.807) is 0 Å². The summed E-state index contributed by atoms with van der Waals surface area (Å²) in [5, 5.41) is 5.43. The van der Waals surface area contributed by atoms with Gasteiger partial charge in [-0.3, -0.25) is 4.98 Å². The topological polar surface area (TPSA) is 24.9 Å². The fourth-order valence-electron chi connectivity index (χ4n) is 2.45. The van der Waals surface area contributed by atoms with Crippen LogP contribution in [0.15, 0.2) is 18.2 Å². The Bertz CT molecular complexity index is 642. The Morgan fingerprint density at radius 1 is 1.19 bits per heavy atom. The molecule has 2 nitrogen and oxygen atoms in total. The minimum atomic E-state index is 0.0414. The number of aromatic nitrogens is 1. The first-order valence-electron chi connectivity index (χ1n) is 7.64. The predicted octanol–water partition coefficient (Wildman–Crippen LogP) is 4.99. The van der Waals surface area contributed by atoms with Crippen LogP contribution in [0.3, 0.4) is 0 Å². The van der Waals surface area contributed by atoms with E-state index in [4.69, 9.17) is 16.6 Å². The zero-order valence-electron chi connectivity index (χ0n) is 13.7. The molecule has 0 saturated carbocycles. The maximum atomic E-state index is 6.24. The molecule has 0 spiro atoms. The summed E-state index contributed by atoms with van der Waals surface area (Å²) in [6.07, 6.45) is 1.13. The summed E-state index contributed by atoms with van der Waals surface area (Å²) in [5.74, 6) is 0. The molecule has 1 N–H and O–H groups in total. The van der Waals surface area contributed by atoms with Gasteiger partial charge in [0.25, 0.3) is 0 Å². The molecule has 0 amide bonds. The van der Waals surface area contributed by atoms with Crippen LogP contribution in [0.1, 0.15) is 50.9 Å². The molecule has 2 aromatic rings. The van der Waals surface area contributed by atoms with Gasteiger partial charge in [0.1, 0.15) is 0 Å². The number of hydrogen-bond donors (Lipinski definition) is 1. The number of fused-ring (bicyclic) bond motifs is 1. The number of benzene rings is 1. The van der Waals surface area contributed by atoms with Gasteiger partial charge in [-0.2, -0.15) is 0 Å². The van der Waals surface area contributed by atoms with Gasteiger partial charge < -0.3 is 5.32 Å². The lowest BCUT2D eigenvalue weighted by Gasteiger charge is -2.21. The van der Waals surface area contributed by atoms with Crippen molar-refractivity contribution in [3.63, 3.8) is 0 Å². The number of hydrogen-bond acceptors (Lipinski definition) is 2. The van der Waals surface area contributed by atoms with Gasteiger partial charge in [-0.05, 0) is 49.2 Å². The molecule has 0 aliphatic heterocycles. The van der Waals surface area contributed by atoms with Crippen LogP contribution in [0.2, 0.25) is 5.02 Å². The Morgan fingerprint density at radius 2 is 1.90 bits per heavy atom. The van der Waals surface area contributed by atoms with Crippen LogP contribution in [-0.2, 0) is 12.0 Å². The van der Waals surface area contributed by atoms with E-state index in [0.29, 0.717) is 0 Å². The second-order valence-corrected chi connectivity index (χ2v) is 7.15. The van der Waals surface area contributed by atoms with E-state index in [-0.39, 0.29) is 5.41 Å². The second-order valence-electron chi connectivity index (χ2n) is 6.71. The Kier molecular flexibility index (Phi) is 4.90. The van der Waals surface area contributed by atoms with Crippen LogP contribution in [0, 0.1) is 6.92 Å². The first-order valence-corrected chi connectivity index (χ1v) is 8.01. The van der Waals surface area contributed by atoms with Crippen molar-refractivity contribution in [2.75, 3.05) is 6.54 Å². The van der Waals surface area contributed by atoms with Gasteiger partial charge in [0, 0.05) is 28.1 Å². The zero-order chi connectivity index (χ0) is 15.6. The number of pyridine rings is 1. The van der Waals surface area contributed by atoms with Crippen molar-refractivity contribution in [2.45, 2.75) is 53.0 Å². The Hall–Kier alpha value is -1.12. The molecule has 21 heavy (non-hydrogen) atoms. The van der Waals surface area contributed by atoms with Crippen molar-refractivity contribution in [3.8, 4) is 0 Å². The molecular weight excluding hydrogens is 280 g/mol. The first-order chi connectivity index (χ1) is 9.82. The van der Waals surface area contributed by atoms with Gasteiger partial charge in [0.2, 0.25) is 0 Å². The van der Waals surface area contributed by atoms with Gasteiger partial charge in [0.05, 0.1) is 5.52 Å². The van der Waals surface area contributed by atoms with Crippen LogP contribution < -0.4 is 5.32 Å². The van der Waals surface area contributed by atoms with E-state index in [2.05, 4.69) is 46.0 Å². The number of aryl methyl sites for hydroxylation is 1. The summed E-state index contributed by atoms with van der Waals surface area (Å²) in [6, 6.07) is 6.25. The van der Waals surface area contributed by atoms with Gasteiger partial charge in [-0.15, -0.1) is 0 Å². The molecule has 114 valence electrons. The normalized spacial score (nSPS) is 12.1. The van der Waals surface area contributed by atoms with Gasteiger partial charge >= 0.3 is 0 Å². The standard InChI is InChI=1S/C18H25ClN2/c1-6-7-20-11-13-9-16(18(3,4)5)21-17-12(2)8-14(19)10-15(13)17/h8-10,20H,6-7,11H2,1-5H3. The third kappa shape index (κ3) is 3.75. The molecule has 0 aliphatic carbocycles. The Labute approximate surface area is 132 Å². The molecule has 0 aliphatic rings. The second kappa shape index (κ2) is 6.33. The lowest BCUT2D eigenvalue weighted by molar-refractivity contribution is 0.569. The molecule has 0 atom stereocenters. The van der Waals surface area contributed by atoms with Crippen LogP contribution in [0.25, 0.3) is 10.9 Å². The third-order valence-corrected chi connectivity index (χ3v) is 3.88. The van der Waals surface area contributed by atoms with Gasteiger partial charge in [-0.25, -0.2) is 0 Å². The van der Waals surface area contributed by atoms with Crippen LogP contribution in [-0.4, -0.2) is 11.5 Å². The van der Waals surface area contributed by atoms with Crippen molar-refractivity contribution in [3.05, 3.63) is 40.0 Å². The monoisotopic (exact) mass is 304 g/mol. The first kappa shape index (κ1) is 16.3. The fraction of sp³-hybridized carbons (Fsp3) is 0.500. The molecule has 0 fully saturated rings. The molecular formula is C18H25ClN2. The molecule has 3 heteroatoms. The van der Waals surface area contributed by atoms with Crippen molar-refractivity contribution >= 4 is 22.5 Å². The average Bonchev–Trinajstić information content (AvgIpc) is 2.38. The minimum Gasteiger partial charge on any atom is -0.313 e. The highest BCUT2D eigenvalue weighted by Crippen LogP contribution is 2.30. The maximum absolute atomic E-state index is 6.24.